The normalized spacial score (nSPS) is 15.5. The van der Waals surface area contributed by atoms with Crippen molar-refractivity contribution in [2.45, 2.75) is 12.1 Å². The summed E-state index contributed by atoms with van der Waals surface area (Å²) in [6.45, 7) is 0.611. The molecule has 3 N–H and O–H groups in total. The van der Waals surface area contributed by atoms with Gasteiger partial charge in [-0.3, -0.25) is 0 Å². The molecule has 0 saturated carbocycles. The standard InChI is InChI=1S/C17H19NO4/c19-9-8-18-16(17(20)12-4-2-1-3-5-12)13-6-7-14-15(10-13)22-11-21-14/h1-7,10,16-20H,8-9,11H2/t16-,17+/m1/s1. The van der Waals surface area contributed by atoms with Gasteiger partial charge in [-0.25, -0.2) is 0 Å². The lowest BCUT2D eigenvalue weighted by molar-refractivity contribution is 0.124. The fourth-order valence-electron chi connectivity index (χ4n) is 2.58. The first-order chi connectivity index (χ1) is 10.8. The Kier molecular flexibility index (Phi) is 4.58. The molecule has 2 aromatic rings. The number of hydrogen-bond donors (Lipinski definition) is 3. The number of rotatable bonds is 6. The van der Waals surface area contributed by atoms with Crippen LogP contribution in [0.15, 0.2) is 48.5 Å². The van der Waals surface area contributed by atoms with Gasteiger partial charge >= 0.3 is 0 Å². The highest BCUT2D eigenvalue weighted by Gasteiger charge is 2.24. The van der Waals surface area contributed by atoms with Gasteiger partial charge in [-0.2, -0.15) is 0 Å². The first kappa shape index (κ1) is 14.8. The number of benzene rings is 2. The average Bonchev–Trinajstić information content (AvgIpc) is 3.03. The van der Waals surface area contributed by atoms with Crippen LogP contribution in [0.4, 0.5) is 0 Å². The van der Waals surface area contributed by atoms with Gasteiger partial charge in [0.15, 0.2) is 11.5 Å². The van der Waals surface area contributed by atoms with Crippen LogP contribution in [0.25, 0.3) is 0 Å². The molecule has 0 unspecified atom stereocenters. The zero-order valence-corrected chi connectivity index (χ0v) is 12.1. The van der Waals surface area contributed by atoms with Crippen molar-refractivity contribution in [3.8, 4) is 11.5 Å². The van der Waals surface area contributed by atoms with Crippen LogP contribution in [-0.4, -0.2) is 30.2 Å². The van der Waals surface area contributed by atoms with Crippen LogP contribution in [0, 0.1) is 0 Å². The van der Waals surface area contributed by atoms with Gasteiger partial charge in [-0.1, -0.05) is 36.4 Å². The SMILES string of the molecule is OCCN[C@H](c1ccc2c(c1)OCO2)[C@@H](O)c1ccccc1. The van der Waals surface area contributed by atoms with Gasteiger partial charge in [0.05, 0.1) is 18.8 Å². The minimum absolute atomic E-state index is 0.00254. The van der Waals surface area contributed by atoms with Crippen molar-refractivity contribution >= 4 is 0 Å². The largest absolute Gasteiger partial charge is 0.454 e. The molecule has 1 aliphatic heterocycles. The Morgan fingerprint density at radius 1 is 1.00 bits per heavy atom. The Labute approximate surface area is 129 Å². The highest BCUT2D eigenvalue weighted by atomic mass is 16.7. The molecule has 0 aromatic heterocycles. The molecule has 5 heteroatoms. The third-order valence-corrected chi connectivity index (χ3v) is 3.69. The molecule has 2 atom stereocenters. The van der Waals surface area contributed by atoms with Crippen LogP contribution in [0.3, 0.4) is 0 Å². The Balaban J connectivity index is 1.89. The second-order valence-corrected chi connectivity index (χ2v) is 5.12. The van der Waals surface area contributed by atoms with Gasteiger partial charge in [-0.15, -0.1) is 0 Å². The predicted molar refractivity (Wildman–Crippen MR) is 81.8 cm³/mol. The van der Waals surface area contributed by atoms with E-state index in [2.05, 4.69) is 5.32 Å². The summed E-state index contributed by atoms with van der Waals surface area (Å²) in [5, 5.41) is 23.0. The summed E-state index contributed by atoms with van der Waals surface area (Å²) in [7, 11) is 0. The molecular weight excluding hydrogens is 282 g/mol. The fraction of sp³-hybridized carbons (Fsp3) is 0.294. The second-order valence-electron chi connectivity index (χ2n) is 5.12. The van der Waals surface area contributed by atoms with E-state index >= 15 is 0 Å². The molecule has 116 valence electrons. The summed E-state index contributed by atoms with van der Waals surface area (Å²) in [6, 6.07) is 14.7. The van der Waals surface area contributed by atoms with Gasteiger partial charge in [0, 0.05) is 6.54 Å². The van der Waals surface area contributed by atoms with Crippen LogP contribution >= 0.6 is 0 Å². The van der Waals surface area contributed by atoms with Gasteiger partial charge < -0.3 is 25.0 Å². The number of nitrogens with one attached hydrogen (secondary N) is 1. The predicted octanol–water partition coefficient (Wildman–Crippen LogP) is 1.77. The smallest absolute Gasteiger partial charge is 0.231 e. The molecule has 0 fully saturated rings. The van der Waals surface area contributed by atoms with E-state index in [0.717, 1.165) is 11.1 Å². The average molecular weight is 301 g/mol. The lowest BCUT2D eigenvalue weighted by Crippen LogP contribution is -2.29. The van der Waals surface area contributed by atoms with Crippen LogP contribution in [-0.2, 0) is 0 Å². The molecule has 1 heterocycles. The van der Waals surface area contributed by atoms with Crippen LogP contribution in [0.2, 0.25) is 0 Å². The fourth-order valence-corrected chi connectivity index (χ4v) is 2.58. The van der Waals surface area contributed by atoms with E-state index in [-0.39, 0.29) is 19.4 Å². The molecule has 0 radical (unpaired) electrons. The van der Waals surface area contributed by atoms with Crippen molar-refractivity contribution in [2.75, 3.05) is 19.9 Å². The Morgan fingerprint density at radius 3 is 2.55 bits per heavy atom. The topological polar surface area (TPSA) is 71.0 Å². The van der Waals surface area contributed by atoms with Crippen molar-refractivity contribution in [2.24, 2.45) is 0 Å². The maximum Gasteiger partial charge on any atom is 0.231 e. The lowest BCUT2D eigenvalue weighted by atomic mass is 9.95. The maximum absolute atomic E-state index is 10.7. The van der Waals surface area contributed by atoms with E-state index in [1.54, 1.807) is 0 Å². The minimum Gasteiger partial charge on any atom is -0.454 e. The summed E-state index contributed by atoms with van der Waals surface area (Å²) in [5.41, 5.74) is 1.70. The molecule has 0 bridgehead atoms. The van der Waals surface area contributed by atoms with Crippen molar-refractivity contribution in [3.05, 3.63) is 59.7 Å². The van der Waals surface area contributed by atoms with Crippen LogP contribution in [0.5, 0.6) is 11.5 Å². The zero-order chi connectivity index (χ0) is 15.4. The monoisotopic (exact) mass is 301 g/mol. The second kappa shape index (κ2) is 6.79. The number of aliphatic hydroxyl groups is 2. The van der Waals surface area contributed by atoms with Crippen molar-refractivity contribution in [3.63, 3.8) is 0 Å². The van der Waals surface area contributed by atoms with Gasteiger partial charge in [0.1, 0.15) is 0 Å². The number of fused-ring (bicyclic) bond motifs is 1. The van der Waals surface area contributed by atoms with E-state index < -0.39 is 6.10 Å². The summed E-state index contributed by atoms with van der Waals surface area (Å²) in [6.07, 6.45) is -0.729. The van der Waals surface area contributed by atoms with E-state index in [0.29, 0.717) is 18.0 Å². The van der Waals surface area contributed by atoms with Gasteiger partial charge in [0.25, 0.3) is 0 Å². The Morgan fingerprint density at radius 2 is 1.77 bits per heavy atom. The third kappa shape index (κ3) is 3.06. The number of ether oxygens (including phenoxy) is 2. The summed E-state index contributed by atoms with van der Waals surface area (Å²) >= 11 is 0. The molecule has 1 aliphatic rings. The van der Waals surface area contributed by atoms with E-state index in [1.807, 2.05) is 48.5 Å². The molecule has 0 aliphatic carbocycles. The van der Waals surface area contributed by atoms with Gasteiger partial charge in [-0.05, 0) is 23.3 Å². The third-order valence-electron chi connectivity index (χ3n) is 3.69. The lowest BCUT2D eigenvalue weighted by Gasteiger charge is -2.25. The summed E-state index contributed by atoms with van der Waals surface area (Å²) in [4.78, 5) is 0. The van der Waals surface area contributed by atoms with Crippen molar-refractivity contribution in [1.82, 2.24) is 5.32 Å². The van der Waals surface area contributed by atoms with Crippen LogP contribution in [0.1, 0.15) is 23.3 Å². The maximum atomic E-state index is 10.7. The van der Waals surface area contributed by atoms with E-state index in [4.69, 9.17) is 14.6 Å². The first-order valence-corrected chi connectivity index (χ1v) is 7.26. The zero-order valence-electron chi connectivity index (χ0n) is 12.1. The molecule has 0 spiro atoms. The molecule has 0 saturated heterocycles. The quantitative estimate of drug-likeness (QED) is 0.758. The minimum atomic E-state index is -0.729. The summed E-state index contributed by atoms with van der Waals surface area (Å²) < 4.78 is 10.7. The van der Waals surface area contributed by atoms with Crippen molar-refractivity contribution in [1.29, 1.82) is 0 Å². The van der Waals surface area contributed by atoms with E-state index in [1.165, 1.54) is 0 Å². The number of aliphatic hydroxyl groups excluding tert-OH is 2. The Bertz CT molecular complexity index is 617. The highest BCUT2D eigenvalue weighted by molar-refractivity contribution is 5.45. The molecule has 0 amide bonds. The molecule has 22 heavy (non-hydrogen) atoms. The molecule has 3 rings (SSSR count). The molecule has 5 nitrogen and oxygen atoms in total. The number of hydrogen-bond acceptors (Lipinski definition) is 5. The first-order valence-electron chi connectivity index (χ1n) is 7.26. The molecule has 2 aromatic carbocycles. The highest BCUT2D eigenvalue weighted by Crippen LogP contribution is 2.37. The van der Waals surface area contributed by atoms with E-state index in [9.17, 15) is 5.11 Å². The molecular formula is C17H19NO4. The van der Waals surface area contributed by atoms with Crippen molar-refractivity contribution < 1.29 is 19.7 Å². The van der Waals surface area contributed by atoms with Gasteiger partial charge in [0.2, 0.25) is 6.79 Å². The van der Waals surface area contributed by atoms with Crippen LogP contribution < -0.4 is 14.8 Å². The summed E-state index contributed by atoms with van der Waals surface area (Å²) in [5.74, 6) is 1.38. The Hall–Kier alpha value is -2.08.